The van der Waals surface area contributed by atoms with Crippen molar-refractivity contribution >= 4 is 22.3 Å². The quantitative estimate of drug-likeness (QED) is 0.481. The molecule has 0 bridgehead atoms. The lowest BCUT2D eigenvalue weighted by atomic mass is 10.6. The van der Waals surface area contributed by atoms with Crippen molar-refractivity contribution in [1.82, 2.24) is 0 Å². The summed E-state index contributed by atoms with van der Waals surface area (Å²) in [6.07, 6.45) is 0. The van der Waals surface area contributed by atoms with E-state index in [0.717, 1.165) is 5.75 Å². The van der Waals surface area contributed by atoms with Crippen molar-refractivity contribution in [3.05, 3.63) is 0 Å². The van der Waals surface area contributed by atoms with Gasteiger partial charge in [0.05, 0.1) is 6.61 Å². The fourth-order valence-electron chi connectivity index (χ4n) is 0.528. The molecule has 0 N–H and O–H groups in total. The average molecular weight is 176 g/mol. The maximum Gasteiger partial charge on any atom is 0.302 e. The molecule has 0 fully saturated rings. The molecule has 66 valence electrons. The SMILES string of the molecule is C=S(CCOC(C)=O)C(C)C. The zero-order valence-electron chi connectivity index (χ0n) is 7.42. The minimum Gasteiger partial charge on any atom is -0.465 e. The highest BCUT2D eigenvalue weighted by Crippen LogP contribution is 2.15. The number of hydrogen-bond acceptors (Lipinski definition) is 2. The van der Waals surface area contributed by atoms with Gasteiger partial charge >= 0.3 is 5.97 Å². The third kappa shape index (κ3) is 6.10. The predicted molar refractivity (Wildman–Crippen MR) is 51.3 cm³/mol. The van der Waals surface area contributed by atoms with Gasteiger partial charge in [-0.25, -0.2) is 0 Å². The van der Waals surface area contributed by atoms with Gasteiger partial charge in [-0.3, -0.25) is 4.79 Å². The van der Waals surface area contributed by atoms with Crippen molar-refractivity contribution in [3.63, 3.8) is 0 Å². The summed E-state index contributed by atoms with van der Waals surface area (Å²) in [6, 6.07) is 0. The number of esters is 1. The lowest BCUT2D eigenvalue weighted by molar-refractivity contribution is -0.140. The first-order valence-electron chi connectivity index (χ1n) is 3.66. The Kier molecular flexibility index (Phi) is 5.20. The molecule has 0 aliphatic carbocycles. The largest absolute Gasteiger partial charge is 0.465 e. The molecule has 0 heterocycles. The molecular weight excluding hydrogens is 160 g/mol. The smallest absolute Gasteiger partial charge is 0.302 e. The van der Waals surface area contributed by atoms with Crippen LogP contribution >= 0.6 is 10.5 Å². The van der Waals surface area contributed by atoms with Gasteiger partial charge in [-0.2, -0.15) is 10.5 Å². The van der Waals surface area contributed by atoms with E-state index in [1.807, 2.05) is 0 Å². The Morgan fingerprint density at radius 2 is 2.18 bits per heavy atom. The Morgan fingerprint density at radius 1 is 1.64 bits per heavy atom. The van der Waals surface area contributed by atoms with Crippen LogP contribution in [0.1, 0.15) is 20.8 Å². The molecule has 11 heavy (non-hydrogen) atoms. The maximum absolute atomic E-state index is 10.4. The van der Waals surface area contributed by atoms with Crippen LogP contribution in [0.3, 0.4) is 0 Å². The predicted octanol–water partition coefficient (Wildman–Crippen LogP) is 1.66. The van der Waals surface area contributed by atoms with Crippen molar-refractivity contribution in [3.8, 4) is 0 Å². The molecule has 0 aliphatic rings. The lowest BCUT2D eigenvalue weighted by Crippen LogP contribution is -2.05. The molecule has 0 amide bonds. The summed E-state index contributed by atoms with van der Waals surface area (Å²) in [5.74, 6) is 4.65. The first-order valence-corrected chi connectivity index (χ1v) is 5.29. The number of carbonyl (C=O) groups is 1. The highest BCUT2D eigenvalue weighted by atomic mass is 32.2. The molecule has 0 saturated carbocycles. The normalized spacial score (nSPS) is 13.1. The molecule has 0 aromatic heterocycles. The fourth-order valence-corrected chi connectivity index (χ4v) is 1.30. The summed E-state index contributed by atoms with van der Waals surface area (Å²) in [5, 5.41) is 0.588. The van der Waals surface area contributed by atoms with E-state index < -0.39 is 0 Å². The highest BCUT2D eigenvalue weighted by molar-refractivity contribution is 8.14. The second-order valence-electron chi connectivity index (χ2n) is 2.63. The summed E-state index contributed by atoms with van der Waals surface area (Å²) in [7, 11) is 0.135. The van der Waals surface area contributed by atoms with E-state index in [0.29, 0.717) is 11.9 Å². The monoisotopic (exact) mass is 176 g/mol. The van der Waals surface area contributed by atoms with Crippen molar-refractivity contribution in [2.75, 3.05) is 12.4 Å². The Balaban J connectivity index is 3.39. The number of carbonyl (C=O) groups excluding carboxylic acids is 1. The molecule has 2 nitrogen and oxygen atoms in total. The van der Waals surface area contributed by atoms with Gasteiger partial charge in [0.2, 0.25) is 0 Å². The van der Waals surface area contributed by atoms with Crippen LogP contribution in [0, 0.1) is 0 Å². The third-order valence-electron chi connectivity index (χ3n) is 1.32. The summed E-state index contributed by atoms with van der Waals surface area (Å²) < 4.78 is 4.79. The van der Waals surface area contributed by atoms with Gasteiger partial charge in [-0.15, -0.1) is 0 Å². The van der Waals surface area contributed by atoms with Crippen LogP contribution in [0.25, 0.3) is 0 Å². The molecule has 0 aromatic carbocycles. The van der Waals surface area contributed by atoms with Crippen LogP contribution in [0.5, 0.6) is 0 Å². The van der Waals surface area contributed by atoms with Gasteiger partial charge in [-0.05, 0) is 5.25 Å². The van der Waals surface area contributed by atoms with E-state index in [4.69, 9.17) is 4.74 Å². The van der Waals surface area contributed by atoms with Crippen molar-refractivity contribution in [2.24, 2.45) is 0 Å². The summed E-state index contributed by atoms with van der Waals surface area (Å²) >= 11 is 0. The minimum absolute atomic E-state index is 0.135. The van der Waals surface area contributed by atoms with Crippen molar-refractivity contribution < 1.29 is 9.53 Å². The number of hydrogen-bond donors (Lipinski definition) is 0. The highest BCUT2D eigenvalue weighted by Gasteiger charge is 1.98. The van der Waals surface area contributed by atoms with Gasteiger partial charge in [0, 0.05) is 12.7 Å². The molecule has 0 spiro atoms. The van der Waals surface area contributed by atoms with Crippen LogP contribution in [-0.2, 0) is 9.53 Å². The van der Waals surface area contributed by atoms with Crippen LogP contribution in [0.2, 0.25) is 0 Å². The molecule has 0 aliphatic heterocycles. The van der Waals surface area contributed by atoms with Crippen molar-refractivity contribution in [2.45, 2.75) is 26.0 Å². The van der Waals surface area contributed by atoms with E-state index in [9.17, 15) is 4.79 Å². The first kappa shape index (κ1) is 10.7. The molecular formula is C8H16O2S. The topological polar surface area (TPSA) is 26.3 Å². The molecule has 0 saturated heterocycles. The van der Waals surface area contributed by atoms with Crippen LogP contribution < -0.4 is 0 Å². The van der Waals surface area contributed by atoms with Crippen LogP contribution in [0.15, 0.2) is 0 Å². The Labute approximate surface area is 70.9 Å². The van der Waals surface area contributed by atoms with E-state index >= 15 is 0 Å². The average Bonchev–Trinajstić information content (AvgIpc) is 1.86. The van der Waals surface area contributed by atoms with Gasteiger partial charge in [0.1, 0.15) is 0 Å². The Morgan fingerprint density at radius 3 is 2.55 bits per heavy atom. The molecule has 1 unspecified atom stereocenters. The van der Waals surface area contributed by atoms with Gasteiger partial charge in [-0.1, -0.05) is 19.7 Å². The molecule has 0 aromatic rings. The Bertz CT molecular complexity index is 152. The maximum atomic E-state index is 10.4. The second kappa shape index (κ2) is 5.35. The van der Waals surface area contributed by atoms with E-state index in [1.165, 1.54) is 6.92 Å². The summed E-state index contributed by atoms with van der Waals surface area (Å²) in [6.45, 7) is 6.20. The first-order chi connectivity index (χ1) is 5.04. The third-order valence-corrected chi connectivity index (χ3v) is 3.34. The van der Waals surface area contributed by atoms with E-state index in [1.54, 1.807) is 0 Å². The van der Waals surface area contributed by atoms with Gasteiger partial charge in [0.15, 0.2) is 0 Å². The lowest BCUT2D eigenvalue weighted by Gasteiger charge is -2.10. The second-order valence-corrected chi connectivity index (χ2v) is 5.06. The van der Waals surface area contributed by atoms with Crippen molar-refractivity contribution in [1.29, 1.82) is 0 Å². The fraction of sp³-hybridized carbons (Fsp3) is 0.750. The zero-order valence-corrected chi connectivity index (χ0v) is 8.24. The summed E-state index contributed by atoms with van der Waals surface area (Å²) in [5.41, 5.74) is 0. The van der Waals surface area contributed by atoms with E-state index in [-0.39, 0.29) is 16.5 Å². The molecule has 1 atom stereocenters. The Hall–Kier alpha value is -0.310. The molecule has 0 rings (SSSR count). The summed E-state index contributed by atoms with van der Waals surface area (Å²) in [4.78, 5) is 10.4. The van der Waals surface area contributed by atoms with Gasteiger partial charge in [0.25, 0.3) is 0 Å². The number of ether oxygens (including phenoxy) is 1. The molecule has 3 heteroatoms. The van der Waals surface area contributed by atoms with Gasteiger partial charge < -0.3 is 4.74 Å². The van der Waals surface area contributed by atoms with E-state index in [2.05, 4.69) is 19.7 Å². The molecule has 0 radical (unpaired) electrons. The van der Waals surface area contributed by atoms with Crippen LogP contribution in [0.4, 0.5) is 0 Å². The minimum atomic E-state index is -0.203. The number of rotatable bonds is 4. The standard InChI is InChI=1S/C8H16O2S/c1-7(2)11(4)6-5-10-8(3)9/h7H,4-6H2,1-3H3. The zero-order chi connectivity index (χ0) is 8.85. The van der Waals surface area contributed by atoms with Crippen LogP contribution in [-0.4, -0.2) is 29.4 Å².